The molecule has 6 nitrogen and oxygen atoms in total. The van der Waals surface area contributed by atoms with Crippen molar-refractivity contribution in [2.45, 2.75) is 99.5 Å². The minimum atomic E-state index is -0.230. The van der Waals surface area contributed by atoms with Crippen molar-refractivity contribution >= 4 is 27.6 Å². The van der Waals surface area contributed by atoms with Gasteiger partial charge < -0.3 is 4.74 Å². The third-order valence-electron chi connectivity index (χ3n) is 7.57. The maximum absolute atomic E-state index is 13.0. The number of ether oxygens (including phenoxy) is 1. The van der Waals surface area contributed by atoms with Crippen LogP contribution < -0.4 is 5.56 Å². The molecule has 1 aromatic rings. The molecule has 0 radical (unpaired) electrons. The molecule has 1 aliphatic heterocycles. The fraction of sp³-hybridized carbons (Fsp3) is 0.514. The Labute approximate surface area is 275 Å². The molecule has 0 unspecified atom stereocenters. The first-order valence-electron chi connectivity index (χ1n) is 16.2. The Kier molecular flexibility index (Phi) is 20.1. The molecule has 3 rings (SSSR count). The minimum absolute atomic E-state index is 0.0251. The van der Waals surface area contributed by atoms with Crippen LogP contribution in [0.3, 0.4) is 0 Å². The Balaban J connectivity index is 0.000000620. The highest BCUT2D eigenvalue weighted by Gasteiger charge is 2.24. The molecule has 1 aliphatic carbocycles. The molecular weight excluding hydrogens is 614 g/mol. The summed E-state index contributed by atoms with van der Waals surface area (Å²) >= 11 is 3.59. The van der Waals surface area contributed by atoms with Gasteiger partial charge in [0, 0.05) is 39.1 Å². The van der Waals surface area contributed by atoms with Crippen molar-refractivity contribution < 1.29 is 9.53 Å². The lowest BCUT2D eigenvalue weighted by atomic mass is 9.89. The van der Waals surface area contributed by atoms with E-state index in [9.17, 15) is 9.59 Å². The number of allylic oxidation sites excluding steroid dienone is 13. The number of hydrogen-bond donors (Lipinski definition) is 0. The van der Waals surface area contributed by atoms with Gasteiger partial charge in [0.25, 0.3) is 5.56 Å². The van der Waals surface area contributed by atoms with Gasteiger partial charge in [-0.3, -0.25) is 19.2 Å². The summed E-state index contributed by atoms with van der Waals surface area (Å²) in [6.07, 6.45) is 28.7. The number of likely N-dealkylation sites (tertiary alicyclic amines) is 1. The summed E-state index contributed by atoms with van der Waals surface area (Å²) in [4.78, 5) is 26.0. The highest BCUT2D eigenvalue weighted by Crippen LogP contribution is 2.27. The van der Waals surface area contributed by atoms with Crippen molar-refractivity contribution in [3.05, 3.63) is 99.2 Å². The fourth-order valence-corrected chi connectivity index (χ4v) is 5.74. The molecule has 44 heavy (non-hydrogen) atoms. The Morgan fingerprint density at radius 2 is 1.86 bits per heavy atom. The Hall–Kier alpha value is -2.90. The standard InChI is InChI=1S/C26H38BrN3O.C9H12O2.C2H6/c1-6-10-12-14-23(9-4)30-26(31)25(27)24(28(30)5)20-29-17-15-22(16-18-29)19-21(8-3)13-11-7-2;1-8(10)11-9-6-4-2-3-5-7-9;1-2/h7-13,22H,2,6,14-20H2,1,3-5H3;2,4,6H,3,5,7H2,1H3;1-2H3/b12-10-,13-11-,21-8+,23-9+;;. The zero-order chi connectivity index (χ0) is 32.9. The van der Waals surface area contributed by atoms with Crippen molar-refractivity contribution in [1.82, 2.24) is 14.3 Å². The molecule has 7 heteroatoms. The number of aromatic nitrogens is 2. The Morgan fingerprint density at radius 1 is 1.16 bits per heavy atom. The zero-order valence-electron chi connectivity index (χ0n) is 28.3. The molecule has 0 aromatic carbocycles. The van der Waals surface area contributed by atoms with E-state index in [0.717, 1.165) is 75.3 Å². The Bertz CT molecular complexity index is 1270. The lowest BCUT2D eigenvalue weighted by molar-refractivity contribution is -0.137. The molecule has 0 N–H and O–H groups in total. The zero-order valence-corrected chi connectivity index (χ0v) is 29.9. The van der Waals surface area contributed by atoms with E-state index in [4.69, 9.17) is 4.74 Å². The van der Waals surface area contributed by atoms with E-state index in [-0.39, 0.29) is 11.5 Å². The fourth-order valence-electron chi connectivity index (χ4n) is 5.19. The van der Waals surface area contributed by atoms with E-state index in [2.05, 4.69) is 71.6 Å². The molecule has 2 heterocycles. The van der Waals surface area contributed by atoms with Gasteiger partial charge in [-0.15, -0.1) is 0 Å². The molecule has 0 bridgehead atoms. The third kappa shape index (κ3) is 13.4. The van der Waals surface area contributed by atoms with Gasteiger partial charge in [0.2, 0.25) is 0 Å². The minimum Gasteiger partial charge on any atom is -0.431 e. The first-order chi connectivity index (χ1) is 21.2. The SMILES string of the molecule is C=C/C=C\C(=C/C)CC1CCN(Cc2c(Br)c(=O)n(/C(=C/C)C/C=C\CC)n2C)CC1.CC.CC(=O)OC1=CC=CCCC1. The van der Waals surface area contributed by atoms with Crippen molar-refractivity contribution in [3.8, 4) is 0 Å². The van der Waals surface area contributed by atoms with E-state index < -0.39 is 0 Å². The van der Waals surface area contributed by atoms with Gasteiger partial charge >= 0.3 is 5.97 Å². The molecule has 0 spiro atoms. The van der Waals surface area contributed by atoms with Gasteiger partial charge in [0.05, 0.1) is 5.69 Å². The van der Waals surface area contributed by atoms with E-state index in [1.165, 1.54) is 25.3 Å². The number of carbonyl (C=O) groups is 1. The van der Waals surface area contributed by atoms with Crippen LogP contribution in [0.5, 0.6) is 0 Å². The number of nitrogens with zero attached hydrogens (tertiary/aromatic N) is 3. The predicted molar refractivity (Wildman–Crippen MR) is 191 cm³/mol. The van der Waals surface area contributed by atoms with Gasteiger partial charge in [0.1, 0.15) is 10.2 Å². The average Bonchev–Trinajstić information content (AvgIpc) is 3.19. The summed E-state index contributed by atoms with van der Waals surface area (Å²) in [5.41, 5.74) is 3.47. The summed E-state index contributed by atoms with van der Waals surface area (Å²) in [6, 6.07) is 0. The van der Waals surface area contributed by atoms with Crippen molar-refractivity contribution in [2.75, 3.05) is 13.1 Å². The largest absolute Gasteiger partial charge is 0.431 e. The molecule has 1 fully saturated rings. The van der Waals surface area contributed by atoms with E-state index >= 15 is 0 Å². The molecule has 0 saturated carbocycles. The van der Waals surface area contributed by atoms with E-state index in [0.29, 0.717) is 10.4 Å². The van der Waals surface area contributed by atoms with Gasteiger partial charge in [-0.05, 0) is 93.4 Å². The van der Waals surface area contributed by atoms with Crippen LogP contribution in [-0.2, 0) is 23.1 Å². The van der Waals surface area contributed by atoms with Crippen molar-refractivity contribution in [1.29, 1.82) is 0 Å². The molecular formula is C37H56BrN3O3. The molecule has 1 saturated heterocycles. The van der Waals surface area contributed by atoms with Crippen LogP contribution in [0.15, 0.2) is 87.9 Å². The second-order valence-electron chi connectivity index (χ2n) is 10.7. The lowest BCUT2D eigenvalue weighted by Crippen LogP contribution is -2.34. The second-order valence-corrected chi connectivity index (χ2v) is 11.5. The first-order valence-corrected chi connectivity index (χ1v) is 17.0. The average molecular weight is 671 g/mol. The summed E-state index contributed by atoms with van der Waals surface area (Å²) in [6.45, 7) is 18.3. The van der Waals surface area contributed by atoms with Crippen LogP contribution in [0.2, 0.25) is 0 Å². The third-order valence-corrected chi connectivity index (χ3v) is 8.36. The molecule has 2 aliphatic rings. The van der Waals surface area contributed by atoms with Gasteiger partial charge in [0.15, 0.2) is 0 Å². The second kappa shape index (κ2) is 22.6. The van der Waals surface area contributed by atoms with Crippen LogP contribution in [0.1, 0.15) is 98.6 Å². The Morgan fingerprint density at radius 3 is 2.45 bits per heavy atom. The van der Waals surface area contributed by atoms with Gasteiger partial charge in [-0.25, -0.2) is 4.68 Å². The van der Waals surface area contributed by atoms with Crippen LogP contribution in [0, 0.1) is 5.92 Å². The summed E-state index contributed by atoms with van der Waals surface area (Å²) in [7, 11) is 1.99. The quantitative estimate of drug-likeness (QED) is 0.134. The van der Waals surface area contributed by atoms with E-state index in [1.807, 2.05) is 62.9 Å². The predicted octanol–water partition coefficient (Wildman–Crippen LogP) is 9.66. The molecule has 244 valence electrons. The number of carbonyl (C=O) groups excluding carboxylic acids is 1. The molecule has 0 amide bonds. The summed E-state index contributed by atoms with van der Waals surface area (Å²) in [5.74, 6) is 1.27. The van der Waals surface area contributed by atoms with Crippen LogP contribution in [0.25, 0.3) is 5.70 Å². The topological polar surface area (TPSA) is 56.5 Å². The summed E-state index contributed by atoms with van der Waals surface area (Å²) < 4.78 is 9.45. The van der Waals surface area contributed by atoms with Gasteiger partial charge in [-0.1, -0.05) is 87.6 Å². The molecule has 1 aromatic heterocycles. The lowest BCUT2D eigenvalue weighted by Gasteiger charge is -2.32. The van der Waals surface area contributed by atoms with Crippen molar-refractivity contribution in [2.24, 2.45) is 13.0 Å². The van der Waals surface area contributed by atoms with E-state index in [1.54, 1.807) is 4.68 Å². The maximum Gasteiger partial charge on any atom is 0.307 e. The first kappa shape index (κ1) is 39.1. The smallest absolute Gasteiger partial charge is 0.307 e. The highest BCUT2D eigenvalue weighted by molar-refractivity contribution is 9.10. The van der Waals surface area contributed by atoms with Crippen LogP contribution in [0.4, 0.5) is 0 Å². The number of hydrogen-bond acceptors (Lipinski definition) is 4. The van der Waals surface area contributed by atoms with Crippen molar-refractivity contribution in [3.63, 3.8) is 0 Å². The van der Waals surface area contributed by atoms with Crippen LogP contribution >= 0.6 is 15.9 Å². The number of piperidine rings is 1. The number of esters is 1. The van der Waals surface area contributed by atoms with Gasteiger partial charge in [-0.2, -0.15) is 0 Å². The maximum atomic E-state index is 13.0. The number of halogens is 1. The monoisotopic (exact) mass is 669 g/mol. The highest BCUT2D eigenvalue weighted by atomic mass is 79.9. The normalized spacial score (nSPS) is 16.6. The number of rotatable bonds is 11. The van der Waals surface area contributed by atoms with Crippen LogP contribution in [-0.4, -0.2) is 33.3 Å². The molecule has 0 atom stereocenters. The summed E-state index contributed by atoms with van der Waals surface area (Å²) in [5, 5.41) is 0.